The van der Waals surface area contributed by atoms with Gasteiger partial charge in [-0.1, -0.05) is 28.1 Å². The molecule has 2 N–H and O–H groups in total. The standard InChI is InChI=1S/C13H14BrNS/c1-13(2,15)10-7-12(16-8-10)9-4-3-5-11(14)6-9/h3-8H,15H2,1-2H3. The summed E-state index contributed by atoms with van der Waals surface area (Å²) in [5.41, 5.74) is 8.23. The molecule has 0 amide bonds. The summed E-state index contributed by atoms with van der Waals surface area (Å²) in [6.45, 7) is 4.06. The van der Waals surface area contributed by atoms with Crippen molar-refractivity contribution in [2.75, 3.05) is 0 Å². The first kappa shape index (κ1) is 11.8. The van der Waals surface area contributed by atoms with Gasteiger partial charge in [-0.15, -0.1) is 11.3 Å². The molecule has 3 heteroatoms. The van der Waals surface area contributed by atoms with Crippen LogP contribution >= 0.6 is 27.3 Å². The van der Waals surface area contributed by atoms with Gasteiger partial charge in [-0.05, 0) is 48.6 Å². The van der Waals surface area contributed by atoms with Gasteiger partial charge in [-0.25, -0.2) is 0 Å². The second-order valence-electron chi connectivity index (χ2n) is 4.43. The summed E-state index contributed by atoms with van der Waals surface area (Å²) in [6, 6.07) is 10.5. The first-order chi connectivity index (χ1) is 7.47. The number of rotatable bonds is 2. The summed E-state index contributed by atoms with van der Waals surface area (Å²) < 4.78 is 1.10. The normalized spacial score (nSPS) is 11.8. The van der Waals surface area contributed by atoms with E-state index in [1.54, 1.807) is 11.3 Å². The third-order valence-electron chi connectivity index (χ3n) is 2.45. The highest BCUT2D eigenvalue weighted by Crippen LogP contribution is 2.32. The lowest BCUT2D eigenvalue weighted by Crippen LogP contribution is -2.27. The smallest absolute Gasteiger partial charge is 0.0360 e. The van der Waals surface area contributed by atoms with Crippen molar-refractivity contribution in [1.29, 1.82) is 0 Å². The monoisotopic (exact) mass is 295 g/mol. The molecule has 0 aliphatic heterocycles. The van der Waals surface area contributed by atoms with Crippen molar-refractivity contribution in [1.82, 2.24) is 0 Å². The molecule has 0 fully saturated rings. The van der Waals surface area contributed by atoms with Crippen LogP contribution in [0.4, 0.5) is 0 Å². The zero-order valence-corrected chi connectivity index (χ0v) is 11.7. The number of halogens is 1. The molecule has 1 aromatic carbocycles. The lowest BCUT2D eigenvalue weighted by Gasteiger charge is -2.16. The summed E-state index contributed by atoms with van der Waals surface area (Å²) >= 11 is 5.22. The molecule has 0 saturated carbocycles. The largest absolute Gasteiger partial charge is 0.322 e. The molecule has 1 heterocycles. The van der Waals surface area contributed by atoms with E-state index in [0.29, 0.717) is 0 Å². The quantitative estimate of drug-likeness (QED) is 0.875. The van der Waals surface area contributed by atoms with Gasteiger partial charge in [-0.2, -0.15) is 0 Å². The maximum atomic E-state index is 6.08. The van der Waals surface area contributed by atoms with Crippen LogP contribution in [-0.2, 0) is 5.54 Å². The minimum Gasteiger partial charge on any atom is -0.322 e. The second kappa shape index (κ2) is 4.32. The summed E-state index contributed by atoms with van der Waals surface area (Å²) in [5.74, 6) is 0. The molecule has 0 saturated heterocycles. The van der Waals surface area contributed by atoms with Gasteiger partial charge in [0.05, 0.1) is 0 Å². The van der Waals surface area contributed by atoms with E-state index >= 15 is 0 Å². The topological polar surface area (TPSA) is 26.0 Å². The molecule has 1 aromatic heterocycles. The molecular weight excluding hydrogens is 282 g/mol. The molecule has 0 unspecified atom stereocenters. The molecule has 2 rings (SSSR count). The Bertz CT molecular complexity index is 497. The average molecular weight is 296 g/mol. The van der Waals surface area contributed by atoms with Crippen LogP contribution < -0.4 is 5.73 Å². The molecule has 1 nitrogen and oxygen atoms in total. The van der Waals surface area contributed by atoms with Gasteiger partial charge in [0.25, 0.3) is 0 Å². The van der Waals surface area contributed by atoms with Crippen LogP contribution in [0.5, 0.6) is 0 Å². The zero-order valence-electron chi connectivity index (χ0n) is 9.33. The molecule has 0 atom stereocenters. The van der Waals surface area contributed by atoms with Crippen molar-refractivity contribution in [2.45, 2.75) is 19.4 Å². The van der Waals surface area contributed by atoms with Crippen LogP contribution in [0.15, 0.2) is 40.2 Å². The number of hydrogen-bond acceptors (Lipinski definition) is 2. The maximum absolute atomic E-state index is 6.08. The number of nitrogens with two attached hydrogens (primary N) is 1. The Kier molecular flexibility index (Phi) is 3.19. The second-order valence-corrected chi connectivity index (χ2v) is 6.26. The summed E-state index contributed by atoms with van der Waals surface area (Å²) in [6.07, 6.45) is 0. The highest BCUT2D eigenvalue weighted by atomic mass is 79.9. The van der Waals surface area contributed by atoms with Crippen molar-refractivity contribution >= 4 is 27.3 Å². The van der Waals surface area contributed by atoms with Gasteiger partial charge in [-0.3, -0.25) is 0 Å². The SMILES string of the molecule is CC(C)(N)c1csc(-c2cccc(Br)c2)c1. The molecule has 2 aromatic rings. The summed E-state index contributed by atoms with van der Waals surface area (Å²) in [7, 11) is 0. The van der Waals surface area contributed by atoms with Crippen molar-refractivity contribution in [3.63, 3.8) is 0 Å². The van der Waals surface area contributed by atoms with Gasteiger partial charge in [0, 0.05) is 14.9 Å². The molecule has 84 valence electrons. The van der Waals surface area contributed by atoms with Crippen molar-refractivity contribution in [3.05, 3.63) is 45.7 Å². The molecule has 0 aliphatic carbocycles. The van der Waals surface area contributed by atoms with Gasteiger partial charge in [0.2, 0.25) is 0 Å². The Morgan fingerprint density at radius 2 is 2.00 bits per heavy atom. The predicted molar refractivity (Wildman–Crippen MR) is 74.7 cm³/mol. The number of benzene rings is 1. The number of thiophene rings is 1. The van der Waals surface area contributed by atoms with Crippen molar-refractivity contribution < 1.29 is 0 Å². The van der Waals surface area contributed by atoms with Gasteiger partial charge in [0.15, 0.2) is 0 Å². The van der Waals surface area contributed by atoms with Gasteiger partial charge in [0.1, 0.15) is 0 Å². The fraction of sp³-hybridized carbons (Fsp3) is 0.231. The van der Waals surface area contributed by atoms with E-state index in [1.165, 1.54) is 16.0 Å². The fourth-order valence-corrected chi connectivity index (χ4v) is 2.95. The minimum atomic E-state index is -0.263. The Morgan fingerprint density at radius 3 is 2.56 bits per heavy atom. The molecular formula is C13H14BrNS. The minimum absolute atomic E-state index is 0.263. The Morgan fingerprint density at radius 1 is 1.25 bits per heavy atom. The first-order valence-electron chi connectivity index (χ1n) is 5.10. The Balaban J connectivity index is 2.39. The van der Waals surface area contributed by atoms with Crippen LogP contribution in [0.3, 0.4) is 0 Å². The molecule has 0 bridgehead atoms. The van der Waals surface area contributed by atoms with Gasteiger partial charge < -0.3 is 5.73 Å². The Hall–Kier alpha value is -0.640. The molecule has 0 radical (unpaired) electrons. The van der Waals surface area contributed by atoms with E-state index in [0.717, 1.165) is 4.47 Å². The predicted octanol–water partition coefficient (Wildman–Crippen LogP) is 4.37. The van der Waals surface area contributed by atoms with E-state index in [4.69, 9.17) is 5.73 Å². The average Bonchev–Trinajstić information content (AvgIpc) is 2.65. The van der Waals surface area contributed by atoms with Crippen molar-refractivity contribution in [3.8, 4) is 10.4 Å². The highest BCUT2D eigenvalue weighted by Gasteiger charge is 2.16. The lowest BCUT2D eigenvalue weighted by molar-refractivity contribution is 0.557. The van der Waals surface area contributed by atoms with Crippen LogP contribution in [0.1, 0.15) is 19.4 Å². The van der Waals surface area contributed by atoms with Crippen LogP contribution in [0, 0.1) is 0 Å². The molecule has 16 heavy (non-hydrogen) atoms. The fourth-order valence-electron chi connectivity index (χ4n) is 1.47. The molecule has 0 spiro atoms. The lowest BCUT2D eigenvalue weighted by atomic mass is 9.98. The third kappa shape index (κ3) is 2.54. The van der Waals surface area contributed by atoms with E-state index in [-0.39, 0.29) is 5.54 Å². The number of hydrogen-bond donors (Lipinski definition) is 1. The van der Waals surface area contributed by atoms with Crippen LogP contribution in [0.2, 0.25) is 0 Å². The van der Waals surface area contributed by atoms with Crippen molar-refractivity contribution in [2.24, 2.45) is 5.73 Å². The summed E-state index contributed by atoms with van der Waals surface area (Å²) in [4.78, 5) is 1.26. The highest BCUT2D eigenvalue weighted by molar-refractivity contribution is 9.10. The first-order valence-corrected chi connectivity index (χ1v) is 6.78. The zero-order chi connectivity index (χ0) is 11.8. The summed E-state index contributed by atoms with van der Waals surface area (Å²) in [5, 5.41) is 2.14. The molecule has 0 aliphatic rings. The van der Waals surface area contributed by atoms with E-state index in [2.05, 4.69) is 39.5 Å². The maximum Gasteiger partial charge on any atom is 0.0360 e. The Labute approximate surface area is 108 Å². The third-order valence-corrected chi connectivity index (χ3v) is 3.93. The van der Waals surface area contributed by atoms with E-state index in [9.17, 15) is 0 Å². The van der Waals surface area contributed by atoms with E-state index < -0.39 is 0 Å². The van der Waals surface area contributed by atoms with E-state index in [1.807, 2.05) is 26.0 Å². The van der Waals surface area contributed by atoms with Gasteiger partial charge >= 0.3 is 0 Å². The van der Waals surface area contributed by atoms with Crippen LogP contribution in [-0.4, -0.2) is 0 Å². The van der Waals surface area contributed by atoms with Crippen LogP contribution in [0.25, 0.3) is 10.4 Å².